The Balaban J connectivity index is 1.38. The molecule has 0 bridgehead atoms. The van der Waals surface area contributed by atoms with E-state index in [2.05, 4.69) is 20.3 Å². The van der Waals surface area contributed by atoms with E-state index in [4.69, 9.17) is 27.1 Å². The smallest absolute Gasteiger partial charge is 0.333 e. The highest BCUT2D eigenvalue weighted by Crippen LogP contribution is 2.59. The number of alkyl halides is 4. The molecule has 11 nitrogen and oxygen atoms in total. The summed E-state index contributed by atoms with van der Waals surface area (Å²) in [5.41, 5.74) is 5.59. The van der Waals surface area contributed by atoms with Gasteiger partial charge in [0.05, 0.1) is 23.7 Å². The number of halogens is 5. The summed E-state index contributed by atoms with van der Waals surface area (Å²) in [6.45, 7) is 3.42. The zero-order valence-corrected chi connectivity index (χ0v) is 29.1. The first-order chi connectivity index (χ1) is 23.9. The second-order valence-electron chi connectivity index (χ2n) is 14.4. The summed E-state index contributed by atoms with van der Waals surface area (Å²) in [6.07, 6.45) is 3.97. The van der Waals surface area contributed by atoms with Gasteiger partial charge >= 0.3 is 12.5 Å². The van der Waals surface area contributed by atoms with E-state index in [0.717, 1.165) is 6.92 Å². The monoisotopic (exact) mass is 728 g/mol. The lowest BCUT2D eigenvalue weighted by atomic mass is 9.75. The van der Waals surface area contributed by atoms with Gasteiger partial charge in [0.1, 0.15) is 12.9 Å². The summed E-state index contributed by atoms with van der Waals surface area (Å²) < 4.78 is 61.2. The Morgan fingerprint density at radius 1 is 1.10 bits per heavy atom. The van der Waals surface area contributed by atoms with Crippen molar-refractivity contribution in [2.24, 2.45) is 21.6 Å². The van der Waals surface area contributed by atoms with Gasteiger partial charge in [-0.3, -0.25) is 19.6 Å². The second kappa shape index (κ2) is 13.1. The van der Waals surface area contributed by atoms with Gasteiger partial charge in [0.15, 0.2) is 17.3 Å². The highest BCUT2D eigenvalue weighted by atomic mass is 35.5. The van der Waals surface area contributed by atoms with Gasteiger partial charge in [-0.2, -0.15) is 19.0 Å². The average Bonchev–Trinajstić information content (AvgIpc) is 3.38. The van der Waals surface area contributed by atoms with Gasteiger partial charge in [0.25, 0.3) is 11.8 Å². The molecule has 1 aliphatic carbocycles. The van der Waals surface area contributed by atoms with Crippen LogP contribution in [-0.4, -0.2) is 60.2 Å². The summed E-state index contributed by atoms with van der Waals surface area (Å²) in [5.74, 6) is -4.22. The molecule has 2 aromatic heterocycles. The predicted molar refractivity (Wildman–Crippen MR) is 181 cm³/mol. The van der Waals surface area contributed by atoms with Gasteiger partial charge in [-0.05, 0) is 60.4 Å². The number of aromatic nitrogens is 5. The lowest BCUT2D eigenvalue weighted by Gasteiger charge is -2.35. The Morgan fingerprint density at radius 3 is 2.37 bits per heavy atom. The number of benzene rings is 2. The van der Waals surface area contributed by atoms with E-state index in [9.17, 15) is 27.2 Å². The molecular formula is C35H37ClF4N8O3. The van der Waals surface area contributed by atoms with E-state index in [1.807, 2.05) is 20.8 Å². The second-order valence-corrected chi connectivity index (χ2v) is 14.8. The summed E-state index contributed by atoms with van der Waals surface area (Å²) >= 11 is 6.52. The number of rotatable bonds is 12. The molecule has 0 unspecified atom stereocenters. The van der Waals surface area contributed by atoms with Crippen LogP contribution in [0.3, 0.4) is 0 Å². The van der Waals surface area contributed by atoms with Gasteiger partial charge in [-0.25, -0.2) is 23.4 Å². The number of aromatic amines is 1. The Hall–Kier alpha value is -4.79. The Labute approximate surface area is 296 Å². The number of nitrogens with zero attached hydrogens (tertiary/aromatic N) is 6. The number of hydrogen-bond acceptors (Lipinski definition) is 8. The largest absolute Gasteiger partial charge is 0.463 e. The molecule has 1 saturated carbocycles. The predicted octanol–water partition coefficient (Wildman–Crippen LogP) is 7.28. The zero-order valence-electron chi connectivity index (χ0n) is 28.3. The Kier molecular flexibility index (Phi) is 9.23. The Morgan fingerprint density at radius 2 is 1.80 bits per heavy atom. The van der Waals surface area contributed by atoms with Crippen LogP contribution in [0.1, 0.15) is 77.1 Å². The number of esters is 1. The number of nitrogens with one attached hydrogen (secondary N) is 1. The van der Waals surface area contributed by atoms with Crippen LogP contribution in [0.15, 0.2) is 66.2 Å². The molecule has 1 aliphatic heterocycles. The number of carbonyl (C=O) groups is 2. The van der Waals surface area contributed by atoms with Gasteiger partial charge in [0, 0.05) is 22.7 Å². The third-order valence-corrected chi connectivity index (χ3v) is 9.76. The number of carbonyl (C=O) groups excluding carboxylic acids is 2. The van der Waals surface area contributed by atoms with E-state index in [1.165, 1.54) is 23.6 Å². The lowest BCUT2D eigenvalue weighted by Crippen LogP contribution is -2.47. The average molecular weight is 729 g/mol. The van der Waals surface area contributed by atoms with Crippen LogP contribution in [0.2, 0.25) is 5.02 Å². The zero-order chi connectivity index (χ0) is 36.9. The quantitative estimate of drug-likeness (QED) is 0.115. The minimum Gasteiger partial charge on any atom is -0.463 e. The van der Waals surface area contributed by atoms with Crippen LogP contribution in [-0.2, 0) is 19.9 Å². The number of amides is 1. The third-order valence-electron chi connectivity index (χ3n) is 9.43. The van der Waals surface area contributed by atoms with Gasteiger partial charge < -0.3 is 10.5 Å². The van der Waals surface area contributed by atoms with Crippen LogP contribution in [0.5, 0.6) is 0 Å². The first kappa shape index (κ1) is 36.0. The molecule has 270 valence electrons. The fraction of sp³-hybridized carbons (Fsp3) is 0.429. The molecule has 4 aromatic rings. The van der Waals surface area contributed by atoms with Crippen molar-refractivity contribution >= 4 is 29.4 Å². The van der Waals surface area contributed by atoms with E-state index >= 15 is 0 Å². The topological polar surface area (TPSA) is 144 Å². The van der Waals surface area contributed by atoms with Crippen molar-refractivity contribution in [2.45, 2.75) is 77.4 Å². The number of aliphatic imine (C=N–C) groups is 1. The van der Waals surface area contributed by atoms with Crippen LogP contribution >= 0.6 is 11.6 Å². The van der Waals surface area contributed by atoms with Crippen molar-refractivity contribution < 1.29 is 31.9 Å². The van der Waals surface area contributed by atoms with Gasteiger partial charge in [-0.1, -0.05) is 62.7 Å². The minimum atomic E-state index is -3.07. The normalized spacial score (nSPS) is 19.4. The van der Waals surface area contributed by atoms with Crippen molar-refractivity contribution in [3.8, 4) is 22.5 Å². The molecule has 0 saturated heterocycles. The van der Waals surface area contributed by atoms with Crippen molar-refractivity contribution in [1.82, 2.24) is 29.9 Å². The van der Waals surface area contributed by atoms with Crippen molar-refractivity contribution in [3.05, 3.63) is 77.3 Å². The fourth-order valence-electron chi connectivity index (χ4n) is 6.61. The molecule has 3 N–H and O–H groups in total. The fourth-order valence-corrected chi connectivity index (χ4v) is 6.82. The molecule has 2 atom stereocenters. The molecule has 6 rings (SSSR count). The van der Waals surface area contributed by atoms with Crippen LogP contribution in [0.4, 0.5) is 17.6 Å². The van der Waals surface area contributed by atoms with Crippen molar-refractivity contribution in [2.75, 3.05) is 6.61 Å². The molecule has 0 radical (unpaired) electrons. The van der Waals surface area contributed by atoms with E-state index < -0.39 is 59.8 Å². The molecule has 51 heavy (non-hydrogen) atoms. The van der Waals surface area contributed by atoms with E-state index in [0.29, 0.717) is 43.3 Å². The van der Waals surface area contributed by atoms with E-state index in [1.54, 1.807) is 42.5 Å². The molecule has 1 fully saturated rings. The minimum absolute atomic E-state index is 0.150. The molecular weight excluding hydrogens is 692 g/mol. The third kappa shape index (κ3) is 7.08. The summed E-state index contributed by atoms with van der Waals surface area (Å²) in [4.78, 5) is 38.2. The number of ether oxygens (including phenoxy) is 1. The van der Waals surface area contributed by atoms with Crippen LogP contribution in [0, 0.1) is 10.8 Å². The molecule has 3 heterocycles. The van der Waals surface area contributed by atoms with Crippen molar-refractivity contribution in [3.63, 3.8) is 0 Å². The first-order valence-corrected chi connectivity index (χ1v) is 16.6. The van der Waals surface area contributed by atoms with Gasteiger partial charge in [-0.15, -0.1) is 0 Å². The standard InChI is InChI=1S/C35H37ClF4N8O3/c1-32(2,3)18-35(23-8-5-20(6-9-23)22-15-44-47(16-22)30(37)38)29(50)48(31(41)45-35)26(17-51-27(49)14-34(11-12-34)33(4,39)40)21-7-10-25(36)24(13-21)28-42-19-43-46-28/h5-10,13,15-16,19,26,30H,11-12,14,17-18H2,1-4H3,(H2,41,45)(H,42,43,46)/t26-,35-/m1/s1. The first-order valence-electron chi connectivity index (χ1n) is 16.2. The maximum Gasteiger partial charge on any atom is 0.333 e. The Bertz CT molecular complexity index is 1950. The SMILES string of the molecule is CC(C)(C)C[C@]1(c2ccc(-c3cnn(C(F)F)c3)cc2)N=C(N)N([C@H](COC(=O)CC2(C(C)(F)F)CC2)c2ccc(Cl)c(-c3ncn[nH]3)c2)C1=O. The van der Waals surface area contributed by atoms with Gasteiger partial charge in [0.2, 0.25) is 0 Å². The highest BCUT2D eigenvalue weighted by Gasteiger charge is 2.60. The summed E-state index contributed by atoms with van der Waals surface area (Å²) in [6, 6.07) is 10.6. The molecule has 1 amide bonds. The van der Waals surface area contributed by atoms with Crippen LogP contribution < -0.4 is 5.73 Å². The number of nitrogens with two attached hydrogens (primary N) is 1. The summed E-state index contributed by atoms with van der Waals surface area (Å²) in [5, 5.41) is 10.7. The molecule has 2 aliphatic rings. The van der Waals surface area contributed by atoms with E-state index in [-0.39, 0.29) is 25.2 Å². The highest BCUT2D eigenvalue weighted by molar-refractivity contribution is 6.33. The summed E-state index contributed by atoms with van der Waals surface area (Å²) in [7, 11) is 0. The number of hydrogen-bond donors (Lipinski definition) is 2. The number of H-pyrrole nitrogens is 1. The molecule has 16 heteroatoms. The molecule has 0 spiro atoms. The van der Waals surface area contributed by atoms with Crippen LogP contribution in [0.25, 0.3) is 22.5 Å². The maximum absolute atomic E-state index is 14.9. The maximum atomic E-state index is 14.9. The van der Waals surface area contributed by atoms with Crippen molar-refractivity contribution in [1.29, 1.82) is 0 Å². The molecule has 2 aromatic carbocycles. The number of guanidine groups is 1. The lowest BCUT2D eigenvalue weighted by molar-refractivity contribution is -0.153.